The molecule has 1 saturated heterocycles. The van der Waals surface area contributed by atoms with Gasteiger partial charge in [0, 0.05) is 31.0 Å². The predicted molar refractivity (Wildman–Crippen MR) is 126 cm³/mol. The van der Waals surface area contributed by atoms with Crippen LogP contribution in [-0.4, -0.2) is 50.7 Å². The minimum atomic E-state index is -0.246. The molecule has 0 bridgehead atoms. The number of fused-ring (bicyclic) bond motifs is 2. The van der Waals surface area contributed by atoms with Crippen LogP contribution in [0.2, 0.25) is 0 Å². The number of hydrogen-bond acceptors (Lipinski definition) is 6. The van der Waals surface area contributed by atoms with Gasteiger partial charge in [-0.2, -0.15) is 5.10 Å². The maximum absolute atomic E-state index is 12.5. The fraction of sp³-hybridized carbons (Fsp3) is 0.391. The summed E-state index contributed by atoms with van der Waals surface area (Å²) in [5.74, 6) is 0.00266. The maximum Gasteiger partial charge on any atom is 0.261 e. The van der Waals surface area contributed by atoms with Crippen molar-refractivity contribution in [2.45, 2.75) is 44.9 Å². The highest BCUT2D eigenvalue weighted by Crippen LogP contribution is 2.30. The second-order valence-electron chi connectivity index (χ2n) is 8.12. The van der Waals surface area contributed by atoms with Gasteiger partial charge in [-0.25, -0.2) is 9.67 Å². The molecule has 32 heavy (non-hydrogen) atoms. The van der Waals surface area contributed by atoms with Crippen LogP contribution < -0.4 is 4.74 Å². The summed E-state index contributed by atoms with van der Waals surface area (Å²) in [6.07, 6.45) is 5.16. The van der Waals surface area contributed by atoms with Gasteiger partial charge in [-0.1, -0.05) is 12.1 Å². The summed E-state index contributed by atoms with van der Waals surface area (Å²) >= 11 is 2.22. The van der Waals surface area contributed by atoms with E-state index in [4.69, 9.17) is 9.47 Å². The molecule has 2 aliphatic heterocycles. The Kier molecular flexibility index (Phi) is 5.85. The molecular formula is C23H23IN4O4. The maximum atomic E-state index is 12.5. The minimum Gasteiger partial charge on any atom is -0.475 e. The Morgan fingerprint density at radius 1 is 1.22 bits per heavy atom. The number of nitrogens with zero attached hydrogens (tertiary/aromatic N) is 4. The van der Waals surface area contributed by atoms with E-state index in [1.807, 2.05) is 17.7 Å². The number of carbonyl (C=O) groups excluding carboxylic acids is 2. The van der Waals surface area contributed by atoms with Crippen molar-refractivity contribution in [2.75, 3.05) is 13.2 Å². The number of ether oxygens (including phenoxy) is 2. The molecule has 2 atom stereocenters. The number of pyridine rings is 1. The lowest BCUT2D eigenvalue weighted by Crippen LogP contribution is -2.33. The largest absolute Gasteiger partial charge is 0.475 e. The summed E-state index contributed by atoms with van der Waals surface area (Å²) in [5.41, 5.74) is 1.85. The smallest absolute Gasteiger partial charge is 0.261 e. The topological polar surface area (TPSA) is 86.6 Å². The SMILES string of the molecule is C[C@H](CCN1C(=O)c2ccccc2C1=O)Oc1cc2c(I)nn(C3CCCCO3)c2cn1. The van der Waals surface area contributed by atoms with Gasteiger partial charge in [0.2, 0.25) is 5.88 Å². The number of amides is 2. The Labute approximate surface area is 199 Å². The fourth-order valence-corrected chi connectivity index (χ4v) is 4.86. The highest BCUT2D eigenvalue weighted by atomic mass is 127. The minimum absolute atomic E-state index is 0.0538. The molecule has 0 spiro atoms. The highest BCUT2D eigenvalue weighted by Gasteiger charge is 2.35. The van der Waals surface area contributed by atoms with E-state index in [9.17, 15) is 9.59 Å². The van der Waals surface area contributed by atoms with E-state index in [-0.39, 0.29) is 24.1 Å². The van der Waals surface area contributed by atoms with Crippen LogP contribution in [0.5, 0.6) is 5.88 Å². The summed E-state index contributed by atoms with van der Waals surface area (Å²) < 4.78 is 14.7. The molecule has 1 aromatic carbocycles. The van der Waals surface area contributed by atoms with Gasteiger partial charge in [0.25, 0.3) is 11.8 Å². The molecule has 3 aromatic rings. The zero-order chi connectivity index (χ0) is 22.2. The molecule has 8 nitrogen and oxygen atoms in total. The van der Waals surface area contributed by atoms with E-state index in [1.54, 1.807) is 30.5 Å². The zero-order valence-electron chi connectivity index (χ0n) is 17.7. The molecule has 4 heterocycles. The number of imide groups is 1. The van der Waals surface area contributed by atoms with Crippen molar-refractivity contribution >= 4 is 45.3 Å². The zero-order valence-corrected chi connectivity index (χ0v) is 19.8. The van der Waals surface area contributed by atoms with Crippen molar-refractivity contribution in [1.82, 2.24) is 19.7 Å². The average molecular weight is 546 g/mol. The first-order valence-electron chi connectivity index (χ1n) is 10.8. The molecule has 0 N–H and O–H groups in total. The molecule has 5 rings (SSSR count). The van der Waals surface area contributed by atoms with Gasteiger partial charge >= 0.3 is 0 Å². The third-order valence-corrected chi connectivity index (χ3v) is 6.71. The van der Waals surface area contributed by atoms with Crippen molar-refractivity contribution in [3.8, 4) is 5.88 Å². The third-order valence-electron chi connectivity index (χ3n) is 5.91. The number of benzene rings is 1. The van der Waals surface area contributed by atoms with Crippen LogP contribution >= 0.6 is 22.6 Å². The second-order valence-corrected chi connectivity index (χ2v) is 9.14. The molecule has 0 saturated carbocycles. The van der Waals surface area contributed by atoms with Crippen LogP contribution in [-0.2, 0) is 4.74 Å². The van der Waals surface area contributed by atoms with Crippen molar-refractivity contribution < 1.29 is 19.1 Å². The van der Waals surface area contributed by atoms with Gasteiger partial charge in [0.1, 0.15) is 3.70 Å². The predicted octanol–water partition coefficient (Wildman–Crippen LogP) is 4.19. The fourth-order valence-electron chi connectivity index (χ4n) is 4.20. The average Bonchev–Trinajstić information content (AvgIpc) is 3.27. The van der Waals surface area contributed by atoms with Crippen LogP contribution in [0.15, 0.2) is 36.5 Å². The van der Waals surface area contributed by atoms with Gasteiger partial charge in [-0.15, -0.1) is 0 Å². The van der Waals surface area contributed by atoms with E-state index >= 15 is 0 Å². The first kappa shape index (κ1) is 21.3. The Bertz CT molecular complexity index is 1150. The number of carbonyl (C=O) groups is 2. The van der Waals surface area contributed by atoms with Gasteiger partial charge in [0.15, 0.2) is 6.23 Å². The molecular weight excluding hydrogens is 523 g/mol. The first-order valence-corrected chi connectivity index (χ1v) is 11.9. The van der Waals surface area contributed by atoms with Crippen LogP contribution in [0.25, 0.3) is 10.9 Å². The quantitative estimate of drug-likeness (QED) is 0.341. The Hall–Kier alpha value is -2.53. The van der Waals surface area contributed by atoms with Gasteiger partial charge in [-0.3, -0.25) is 14.5 Å². The molecule has 0 radical (unpaired) electrons. The monoisotopic (exact) mass is 546 g/mol. The summed E-state index contributed by atoms with van der Waals surface area (Å²) in [7, 11) is 0. The van der Waals surface area contributed by atoms with Crippen molar-refractivity contribution in [2.24, 2.45) is 0 Å². The number of halogens is 1. The van der Waals surface area contributed by atoms with Gasteiger partial charge in [0.05, 0.1) is 28.9 Å². The standard InChI is InChI=1S/C23H23IN4O4/c1-14(9-10-27-22(29)15-6-2-3-7-16(15)23(27)30)32-19-12-17-18(13-25-19)28(26-21(17)24)20-8-4-5-11-31-20/h2-3,6-7,12-14,20H,4-5,8-11H2,1H3/t14-,20?/m1/s1. The Balaban J connectivity index is 1.25. The lowest BCUT2D eigenvalue weighted by Gasteiger charge is -2.23. The number of aromatic nitrogens is 3. The summed E-state index contributed by atoms with van der Waals surface area (Å²) in [6, 6.07) is 8.81. The van der Waals surface area contributed by atoms with E-state index < -0.39 is 0 Å². The van der Waals surface area contributed by atoms with E-state index in [1.165, 1.54) is 4.90 Å². The van der Waals surface area contributed by atoms with E-state index in [0.29, 0.717) is 30.0 Å². The summed E-state index contributed by atoms with van der Waals surface area (Å²) in [6.45, 7) is 2.96. The summed E-state index contributed by atoms with van der Waals surface area (Å²) in [5, 5.41) is 5.63. The molecule has 2 aromatic heterocycles. The lowest BCUT2D eigenvalue weighted by atomic mass is 10.1. The number of hydrogen-bond donors (Lipinski definition) is 0. The third kappa shape index (κ3) is 3.88. The van der Waals surface area contributed by atoms with E-state index in [0.717, 1.165) is 40.5 Å². The molecule has 0 aliphatic carbocycles. The van der Waals surface area contributed by atoms with E-state index in [2.05, 4.69) is 32.7 Å². The Morgan fingerprint density at radius 2 is 1.97 bits per heavy atom. The van der Waals surface area contributed by atoms with Crippen LogP contribution in [0, 0.1) is 3.70 Å². The molecule has 1 fully saturated rings. The lowest BCUT2D eigenvalue weighted by molar-refractivity contribution is -0.0369. The van der Waals surface area contributed by atoms with Gasteiger partial charge < -0.3 is 9.47 Å². The molecule has 2 amide bonds. The second kappa shape index (κ2) is 8.78. The van der Waals surface area contributed by atoms with Crippen molar-refractivity contribution in [3.05, 3.63) is 51.4 Å². The van der Waals surface area contributed by atoms with Gasteiger partial charge in [-0.05, 0) is 60.9 Å². The van der Waals surface area contributed by atoms with Crippen LogP contribution in [0.4, 0.5) is 0 Å². The Morgan fingerprint density at radius 3 is 2.66 bits per heavy atom. The molecule has 2 aliphatic rings. The van der Waals surface area contributed by atoms with Crippen molar-refractivity contribution in [1.29, 1.82) is 0 Å². The molecule has 9 heteroatoms. The van der Waals surface area contributed by atoms with Crippen LogP contribution in [0.1, 0.15) is 59.6 Å². The molecule has 166 valence electrons. The highest BCUT2D eigenvalue weighted by molar-refractivity contribution is 14.1. The normalized spacial score (nSPS) is 19.4. The summed E-state index contributed by atoms with van der Waals surface area (Å²) in [4.78, 5) is 30.8. The van der Waals surface area contributed by atoms with Crippen molar-refractivity contribution in [3.63, 3.8) is 0 Å². The van der Waals surface area contributed by atoms with Crippen LogP contribution in [0.3, 0.4) is 0 Å². The first-order chi connectivity index (χ1) is 15.5. The number of rotatable bonds is 6. The molecule has 1 unspecified atom stereocenters.